The second-order valence-corrected chi connectivity index (χ2v) is 7.07. The lowest BCUT2D eigenvalue weighted by molar-refractivity contribution is 0.0376. The second-order valence-electron chi connectivity index (χ2n) is 6.22. The molecule has 0 aliphatic heterocycles. The summed E-state index contributed by atoms with van der Waals surface area (Å²) in [6, 6.07) is 11.4. The van der Waals surface area contributed by atoms with Crippen LogP contribution < -0.4 is 9.47 Å². The third-order valence-corrected chi connectivity index (χ3v) is 4.17. The van der Waals surface area contributed by atoms with Gasteiger partial charge in [-0.3, -0.25) is 0 Å². The van der Waals surface area contributed by atoms with Crippen molar-refractivity contribution < 1.29 is 23.8 Å². The number of hydrogen-bond acceptors (Lipinski definition) is 5. The molecule has 0 spiro atoms. The first-order valence-corrected chi connectivity index (χ1v) is 9.65. The zero-order valence-corrected chi connectivity index (χ0v) is 17.2. The smallest absolute Gasteiger partial charge is 0.343 e. The zero-order chi connectivity index (χ0) is 19.8. The van der Waals surface area contributed by atoms with Gasteiger partial charge in [-0.1, -0.05) is 19.4 Å². The largest absolute Gasteiger partial charge is 0.492 e. The maximum atomic E-state index is 12.4. The molecular formula is C21H23BrO5. The van der Waals surface area contributed by atoms with Crippen molar-refractivity contribution in [1.82, 2.24) is 0 Å². The first-order valence-electron chi connectivity index (χ1n) is 8.86. The van der Waals surface area contributed by atoms with E-state index in [0.717, 1.165) is 12.8 Å². The Balaban J connectivity index is 2.06. The van der Waals surface area contributed by atoms with Gasteiger partial charge in [0.1, 0.15) is 11.5 Å². The van der Waals surface area contributed by atoms with Gasteiger partial charge >= 0.3 is 11.9 Å². The summed E-state index contributed by atoms with van der Waals surface area (Å²) in [4.78, 5) is 24.4. The Bertz CT molecular complexity index is 801. The van der Waals surface area contributed by atoms with Crippen molar-refractivity contribution in [2.75, 3.05) is 6.61 Å². The molecule has 0 unspecified atom stereocenters. The highest BCUT2D eigenvalue weighted by atomic mass is 79.9. The summed E-state index contributed by atoms with van der Waals surface area (Å²) in [7, 11) is 0. The van der Waals surface area contributed by atoms with Crippen LogP contribution in [0.5, 0.6) is 11.5 Å². The molecule has 2 aromatic rings. The minimum Gasteiger partial charge on any atom is -0.492 e. The third-order valence-electron chi connectivity index (χ3n) is 3.55. The Morgan fingerprint density at radius 3 is 2.44 bits per heavy atom. The van der Waals surface area contributed by atoms with Gasteiger partial charge < -0.3 is 14.2 Å². The molecule has 2 aromatic carbocycles. The number of rotatable bonds is 8. The fourth-order valence-corrected chi connectivity index (χ4v) is 2.70. The van der Waals surface area contributed by atoms with E-state index in [4.69, 9.17) is 14.2 Å². The van der Waals surface area contributed by atoms with Gasteiger partial charge in [-0.2, -0.15) is 0 Å². The molecule has 0 heterocycles. The van der Waals surface area contributed by atoms with Gasteiger partial charge in [-0.15, -0.1) is 0 Å². The maximum Gasteiger partial charge on any atom is 0.343 e. The van der Waals surface area contributed by atoms with Crippen molar-refractivity contribution in [3.63, 3.8) is 0 Å². The first-order chi connectivity index (χ1) is 12.9. The average molecular weight is 435 g/mol. The average Bonchev–Trinajstić information content (AvgIpc) is 2.62. The van der Waals surface area contributed by atoms with Crippen LogP contribution in [0.25, 0.3) is 0 Å². The van der Waals surface area contributed by atoms with Crippen molar-refractivity contribution in [1.29, 1.82) is 0 Å². The lowest BCUT2D eigenvalue weighted by Crippen LogP contribution is -2.12. The lowest BCUT2D eigenvalue weighted by Gasteiger charge is -2.10. The van der Waals surface area contributed by atoms with Crippen LogP contribution in [-0.2, 0) is 4.74 Å². The van der Waals surface area contributed by atoms with Crippen molar-refractivity contribution >= 4 is 27.9 Å². The van der Waals surface area contributed by atoms with E-state index in [9.17, 15) is 9.59 Å². The summed E-state index contributed by atoms with van der Waals surface area (Å²) in [5.41, 5.74) is 0.703. The van der Waals surface area contributed by atoms with E-state index >= 15 is 0 Å². The normalized spacial score (nSPS) is 10.6. The molecule has 0 radical (unpaired) electrons. The molecule has 0 aliphatic carbocycles. The van der Waals surface area contributed by atoms with Gasteiger partial charge in [-0.25, -0.2) is 9.59 Å². The number of esters is 2. The first kappa shape index (κ1) is 21.0. The van der Waals surface area contributed by atoms with Crippen molar-refractivity contribution in [3.8, 4) is 11.5 Å². The number of hydrogen-bond donors (Lipinski definition) is 0. The number of carbonyl (C=O) groups excluding carboxylic acids is 2. The number of benzene rings is 2. The van der Waals surface area contributed by atoms with Crippen LogP contribution in [0.3, 0.4) is 0 Å². The van der Waals surface area contributed by atoms with Crippen molar-refractivity contribution in [3.05, 3.63) is 58.1 Å². The van der Waals surface area contributed by atoms with E-state index in [0.29, 0.717) is 28.0 Å². The van der Waals surface area contributed by atoms with Crippen LogP contribution in [0, 0.1) is 0 Å². The molecule has 2 rings (SSSR count). The molecule has 0 amide bonds. The van der Waals surface area contributed by atoms with E-state index in [-0.39, 0.29) is 11.9 Å². The van der Waals surface area contributed by atoms with Crippen molar-refractivity contribution in [2.45, 2.75) is 39.7 Å². The quantitative estimate of drug-likeness (QED) is 0.315. The Kier molecular flexibility index (Phi) is 7.85. The SMILES string of the molecule is CCCCOc1ccc(C(=O)Oc2cccc(C(=O)OC(C)C)c2)cc1Br. The number of halogens is 1. The van der Waals surface area contributed by atoms with Gasteiger partial charge in [0.05, 0.1) is 28.3 Å². The molecule has 5 nitrogen and oxygen atoms in total. The summed E-state index contributed by atoms with van der Waals surface area (Å²) in [5, 5.41) is 0. The molecule has 0 aliphatic rings. The highest BCUT2D eigenvalue weighted by Gasteiger charge is 2.14. The Morgan fingerprint density at radius 1 is 1.04 bits per heavy atom. The molecule has 144 valence electrons. The van der Waals surface area contributed by atoms with E-state index in [1.165, 1.54) is 6.07 Å². The van der Waals surface area contributed by atoms with E-state index in [2.05, 4.69) is 22.9 Å². The fourth-order valence-electron chi connectivity index (χ4n) is 2.21. The van der Waals surface area contributed by atoms with Crippen LogP contribution in [0.15, 0.2) is 46.9 Å². The number of carbonyl (C=O) groups is 2. The third kappa shape index (κ3) is 6.40. The van der Waals surface area contributed by atoms with Gasteiger partial charge in [0.25, 0.3) is 0 Å². The molecule has 0 N–H and O–H groups in total. The monoisotopic (exact) mass is 434 g/mol. The van der Waals surface area contributed by atoms with E-state index < -0.39 is 11.9 Å². The Labute approximate surface area is 167 Å². The minimum atomic E-state index is -0.523. The molecule has 0 saturated carbocycles. The lowest BCUT2D eigenvalue weighted by atomic mass is 10.2. The summed E-state index contributed by atoms with van der Waals surface area (Å²) < 4.78 is 16.9. The maximum absolute atomic E-state index is 12.4. The fraction of sp³-hybridized carbons (Fsp3) is 0.333. The molecule has 6 heteroatoms. The van der Waals surface area contributed by atoms with Crippen LogP contribution in [0.2, 0.25) is 0 Å². The predicted molar refractivity (Wildman–Crippen MR) is 106 cm³/mol. The van der Waals surface area contributed by atoms with Gasteiger partial charge in [-0.05, 0) is 72.6 Å². The molecule has 0 atom stereocenters. The highest BCUT2D eigenvalue weighted by Crippen LogP contribution is 2.27. The topological polar surface area (TPSA) is 61.8 Å². The molecular weight excluding hydrogens is 412 g/mol. The van der Waals surface area contributed by atoms with Crippen LogP contribution >= 0.6 is 15.9 Å². The summed E-state index contributed by atoms with van der Waals surface area (Å²) >= 11 is 3.41. The number of unbranched alkanes of at least 4 members (excludes halogenated alkanes) is 1. The molecule has 0 aromatic heterocycles. The van der Waals surface area contributed by atoms with E-state index in [1.807, 2.05) is 0 Å². The zero-order valence-electron chi connectivity index (χ0n) is 15.7. The minimum absolute atomic E-state index is 0.223. The van der Waals surface area contributed by atoms with Gasteiger partial charge in [0.2, 0.25) is 0 Å². The van der Waals surface area contributed by atoms with Crippen molar-refractivity contribution in [2.24, 2.45) is 0 Å². The molecule has 0 saturated heterocycles. The summed E-state index contributed by atoms with van der Waals surface area (Å²) in [6.07, 6.45) is 1.79. The predicted octanol–water partition coefficient (Wildman–Crippen LogP) is 5.41. The van der Waals surface area contributed by atoms with Crippen LogP contribution in [0.1, 0.15) is 54.3 Å². The van der Waals surface area contributed by atoms with Crippen LogP contribution in [0.4, 0.5) is 0 Å². The van der Waals surface area contributed by atoms with E-state index in [1.54, 1.807) is 50.2 Å². The Morgan fingerprint density at radius 2 is 1.78 bits per heavy atom. The summed E-state index contributed by atoms with van der Waals surface area (Å²) in [5.74, 6) is -0.0274. The standard InChI is InChI=1S/C21H23BrO5/c1-4-5-11-25-19-10-9-16(13-18(19)22)21(24)27-17-8-6-7-15(12-17)20(23)26-14(2)3/h6-10,12-14H,4-5,11H2,1-3H3. The molecule has 0 bridgehead atoms. The number of ether oxygens (including phenoxy) is 3. The summed E-state index contributed by atoms with van der Waals surface area (Å²) in [6.45, 7) is 6.26. The Hall–Kier alpha value is -2.34. The van der Waals surface area contributed by atoms with Gasteiger partial charge in [0, 0.05) is 0 Å². The second kappa shape index (κ2) is 10.1. The van der Waals surface area contributed by atoms with Crippen LogP contribution in [-0.4, -0.2) is 24.6 Å². The molecule has 27 heavy (non-hydrogen) atoms. The molecule has 0 fully saturated rings. The highest BCUT2D eigenvalue weighted by molar-refractivity contribution is 9.10. The van der Waals surface area contributed by atoms with Gasteiger partial charge in [0.15, 0.2) is 0 Å².